The minimum absolute atomic E-state index is 0.0333. The molecule has 0 fully saturated rings. The second-order valence-electron chi connectivity index (χ2n) is 1.89. The molecule has 0 aliphatic heterocycles. The van der Waals surface area contributed by atoms with Gasteiger partial charge in [0.2, 0.25) is 0 Å². The van der Waals surface area contributed by atoms with Gasteiger partial charge in [-0.2, -0.15) is 0 Å². The summed E-state index contributed by atoms with van der Waals surface area (Å²) in [6, 6.07) is 0. The normalized spacial score (nSPS) is 8.82. The largest absolute Gasteiger partial charge is 0.392 e. The summed E-state index contributed by atoms with van der Waals surface area (Å²) in [6.45, 7) is 5.18. The Morgan fingerprint density at radius 2 is 2.27 bits per heavy atom. The highest BCUT2D eigenvalue weighted by Crippen LogP contribution is 1.77. The molecule has 0 rings (SSSR count). The fraction of sp³-hybridized carbons (Fsp3) is 0.429. The van der Waals surface area contributed by atoms with E-state index in [9.17, 15) is 9.59 Å². The van der Waals surface area contributed by atoms with E-state index in [2.05, 4.69) is 16.6 Å². The quantitative estimate of drug-likeness (QED) is 0.267. The number of nitrogens with one attached hydrogen (secondary N) is 1. The molecule has 62 valence electrons. The average molecular weight is 157 g/mol. The molecular formula is C7H11NO3. The lowest BCUT2D eigenvalue weighted by atomic mass is 10.5. The smallest absolute Gasteiger partial charge is 0.327 e. The summed E-state index contributed by atoms with van der Waals surface area (Å²) < 4.78 is 4.22. The van der Waals surface area contributed by atoms with E-state index in [-0.39, 0.29) is 6.54 Å². The molecule has 0 saturated heterocycles. The lowest BCUT2D eigenvalue weighted by Crippen LogP contribution is -2.25. The Hall–Kier alpha value is -1.16. The van der Waals surface area contributed by atoms with Crippen LogP contribution >= 0.6 is 0 Å². The van der Waals surface area contributed by atoms with Crippen molar-refractivity contribution in [3.63, 3.8) is 0 Å². The SMILES string of the molecule is C=CCNCC(=O)OC(C)=O. The third-order valence-corrected chi connectivity index (χ3v) is 0.816. The highest BCUT2D eigenvalue weighted by Gasteiger charge is 2.03. The van der Waals surface area contributed by atoms with E-state index < -0.39 is 11.9 Å². The lowest BCUT2D eigenvalue weighted by Gasteiger charge is -1.99. The van der Waals surface area contributed by atoms with Crippen molar-refractivity contribution in [1.82, 2.24) is 5.32 Å². The summed E-state index contributed by atoms with van der Waals surface area (Å²) in [7, 11) is 0. The molecule has 0 aliphatic carbocycles. The van der Waals surface area contributed by atoms with E-state index in [1.54, 1.807) is 6.08 Å². The molecule has 0 radical (unpaired) electrons. The second-order valence-corrected chi connectivity index (χ2v) is 1.89. The van der Waals surface area contributed by atoms with Gasteiger partial charge in [-0.15, -0.1) is 6.58 Å². The van der Waals surface area contributed by atoms with Crippen LogP contribution in [0.4, 0.5) is 0 Å². The molecule has 0 spiro atoms. The van der Waals surface area contributed by atoms with Gasteiger partial charge in [0.1, 0.15) is 0 Å². The van der Waals surface area contributed by atoms with Gasteiger partial charge in [0.25, 0.3) is 0 Å². The molecule has 0 aliphatic rings. The van der Waals surface area contributed by atoms with E-state index in [0.717, 1.165) is 0 Å². The van der Waals surface area contributed by atoms with Crippen molar-refractivity contribution >= 4 is 11.9 Å². The van der Waals surface area contributed by atoms with Gasteiger partial charge in [-0.1, -0.05) is 6.08 Å². The molecular weight excluding hydrogens is 146 g/mol. The molecule has 0 saturated carbocycles. The first-order valence-electron chi connectivity index (χ1n) is 3.19. The number of esters is 2. The molecule has 0 unspecified atom stereocenters. The predicted octanol–water partition coefficient (Wildman–Crippen LogP) is -0.148. The minimum Gasteiger partial charge on any atom is -0.392 e. The Bertz CT molecular complexity index is 165. The topological polar surface area (TPSA) is 55.4 Å². The zero-order valence-electron chi connectivity index (χ0n) is 6.42. The molecule has 1 N–H and O–H groups in total. The Labute approximate surface area is 65.2 Å². The number of carbonyl (C=O) groups is 2. The van der Waals surface area contributed by atoms with Gasteiger partial charge in [0.15, 0.2) is 0 Å². The highest BCUT2D eigenvalue weighted by atomic mass is 16.6. The van der Waals surface area contributed by atoms with Gasteiger partial charge >= 0.3 is 11.9 Å². The van der Waals surface area contributed by atoms with Crippen LogP contribution in [0.2, 0.25) is 0 Å². The predicted molar refractivity (Wildman–Crippen MR) is 39.8 cm³/mol. The van der Waals surface area contributed by atoms with Crippen molar-refractivity contribution in [2.75, 3.05) is 13.1 Å². The van der Waals surface area contributed by atoms with Crippen molar-refractivity contribution < 1.29 is 14.3 Å². The number of hydrogen-bond donors (Lipinski definition) is 1. The third kappa shape index (κ3) is 6.73. The van der Waals surface area contributed by atoms with E-state index in [1.807, 2.05) is 0 Å². The first-order valence-corrected chi connectivity index (χ1v) is 3.19. The van der Waals surface area contributed by atoms with Crippen LogP contribution in [-0.2, 0) is 14.3 Å². The van der Waals surface area contributed by atoms with Crippen LogP contribution in [0.3, 0.4) is 0 Å². The van der Waals surface area contributed by atoms with Crippen LogP contribution in [0.15, 0.2) is 12.7 Å². The number of rotatable bonds is 4. The Morgan fingerprint density at radius 3 is 2.73 bits per heavy atom. The van der Waals surface area contributed by atoms with E-state index in [0.29, 0.717) is 6.54 Å². The van der Waals surface area contributed by atoms with Crippen molar-refractivity contribution in [2.45, 2.75) is 6.92 Å². The summed E-state index contributed by atoms with van der Waals surface area (Å²) in [5.41, 5.74) is 0. The summed E-state index contributed by atoms with van der Waals surface area (Å²) in [5, 5.41) is 2.70. The maximum Gasteiger partial charge on any atom is 0.327 e. The average Bonchev–Trinajstić information content (AvgIpc) is 1.86. The summed E-state index contributed by atoms with van der Waals surface area (Å²) in [5.74, 6) is -1.16. The van der Waals surface area contributed by atoms with Gasteiger partial charge in [-0.25, -0.2) is 0 Å². The molecule has 0 aromatic carbocycles. The third-order valence-electron chi connectivity index (χ3n) is 0.816. The molecule has 0 aromatic rings. The fourth-order valence-corrected chi connectivity index (χ4v) is 0.473. The molecule has 11 heavy (non-hydrogen) atoms. The van der Waals surface area contributed by atoms with Crippen molar-refractivity contribution in [3.05, 3.63) is 12.7 Å². The van der Waals surface area contributed by atoms with E-state index in [1.165, 1.54) is 6.92 Å². The van der Waals surface area contributed by atoms with Crippen LogP contribution in [0.25, 0.3) is 0 Å². The summed E-state index contributed by atoms with van der Waals surface area (Å²) >= 11 is 0. The monoisotopic (exact) mass is 157 g/mol. The van der Waals surface area contributed by atoms with Crippen LogP contribution in [0, 0.1) is 0 Å². The number of ether oxygens (including phenoxy) is 1. The van der Waals surface area contributed by atoms with Gasteiger partial charge in [0, 0.05) is 13.5 Å². The van der Waals surface area contributed by atoms with Crippen LogP contribution < -0.4 is 5.32 Å². The van der Waals surface area contributed by atoms with Gasteiger partial charge in [0.05, 0.1) is 6.54 Å². The Morgan fingerprint density at radius 1 is 1.64 bits per heavy atom. The van der Waals surface area contributed by atoms with Gasteiger partial charge in [-0.05, 0) is 0 Å². The second kappa shape index (κ2) is 5.61. The minimum atomic E-state index is -0.588. The molecule has 4 nitrogen and oxygen atoms in total. The summed E-state index contributed by atoms with van der Waals surface area (Å²) in [4.78, 5) is 20.8. The standard InChI is InChI=1S/C7H11NO3/c1-3-4-8-5-7(10)11-6(2)9/h3,8H,1,4-5H2,2H3. The zero-order chi connectivity index (χ0) is 8.69. The molecule has 4 heteroatoms. The van der Waals surface area contributed by atoms with Crippen molar-refractivity contribution in [2.24, 2.45) is 0 Å². The fourth-order valence-electron chi connectivity index (χ4n) is 0.473. The maximum absolute atomic E-state index is 10.6. The highest BCUT2D eigenvalue weighted by molar-refractivity contribution is 5.85. The molecule has 0 atom stereocenters. The number of hydrogen-bond acceptors (Lipinski definition) is 4. The number of carbonyl (C=O) groups excluding carboxylic acids is 2. The van der Waals surface area contributed by atoms with E-state index in [4.69, 9.17) is 0 Å². The lowest BCUT2D eigenvalue weighted by molar-refractivity contribution is -0.157. The molecule has 0 bridgehead atoms. The first-order chi connectivity index (χ1) is 5.16. The van der Waals surface area contributed by atoms with Crippen LogP contribution in [0.5, 0.6) is 0 Å². The molecule has 0 amide bonds. The maximum atomic E-state index is 10.6. The molecule has 0 aromatic heterocycles. The first kappa shape index (κ1) is 9.84. The van der Waals surface area contributed by atoms with Gasteiger partial charge < -0.3 is 10.1 Å². The Balaban J connectivity index is 3.37. The van der Waals surface area contributed by atoms with Crippen LogP contribution in [-0.4, -0.2) is 25.0 Å². The van der Waals surface area contributed by atoms with Gasteiger partial charge in [-0.3, -0.25) is 9.59 Å². The molecule has 0 heterocycles. The van der Waals surface area contributed by atoms with Crippen molar-refractivity contribution in [1.29, 1.82) is 0 Å². The van der Waals surface area contributed by atoms with E-state index >= 15 is 0 Å². The van der Waals surface area contributed by atoms with Crippen LogP contribution in [0.1, 0.15) is 6.92 Å². The van der Waals surface area contributed by atoms with Crippen molar-refractivity contribution in [3.8, 4) is 0 Å². The Kier molecular flexibility index (Phi) is 5.02. The summed E-state index contributed by atoms with van der Waals surface area (Å²) in [6.07, 6.45) is 1.61. The zero-order valence-corrected chi connectivity index (χ0v) is 6.42.